The quantitative estimate of drug-likeness (QED) is 0.870. The lowest BCUT2D eigenvalue weighted by molar-refractivity contribution is -0.131. The molecule has 110 valence electrons. The van der Waals surface area contributed by atoms with E-state index in [1.807, 2.05) is 0 Å². The second kappa shape index (κ2) is 5.31. The van der Waals surface area contributed by atoms with Crippen molar-refractivity contribution in [2.75, 3.05) is 7.05 Å². The molecule has 1 saturated carbocycles. The molecule has 0 aliphatic heterocycles. The van der Waals surface area contributed by atoms with Gasteiger partial charge in [0.2, 0.25) is 5.91 Å². The van der Waals surface area contributed by atoms with Crippen molar-refractivity contribution < 1.29 is 4.79 Å². The van der Waals surface area contributed by atoms with Gasteiger partial charge in [0.15, 0.2) is 0 Å². The van der Waals surface area contributed by atoms with Crippen LogP contribution >= 0.6 is 23.2 Å². The maximum atomic E-state index is 12.4. The van der Waals surface area contributed by atoms with Crippen LogP contribution in [0.4, 0.5) is 0 Å². The first kappa shape index (κ1) is 14.4. The first-order chi connectivity index (χ1) is 9.97. The van der Waals surface area contributed by atoms with E-state index < -0.39 is 0 Å². The van der Waals surface area contributed by atoms with Gasteiger partial charge in [0, 0.05) is 18.1 Å². The summed E-state index contributed by atoms with van der Waals surface area (Å²) in [5, 5.41) is 1.01. The lowest BCUT2D eigenvalue weighted by Crippen LogP contribution is -2.35. The Labute approximate surface area is 131 Å². The molecule has 0 radical (unpaired) electrons. The smallest absolute Gasteiger partial charge is 0.261 e. The van der Waals surface area contributed by atoms with Crippen LogP contribution in [0.15, 0.2) is 23.3 Å². The zero-order valence-corrected chi connectivity index (χ0v) is 12.9. The van der Waals surface area contributed by atoms with Gasteiger partial charge in [-0.2, -0.15) is 0 Å². The van der Waals surface area contributed by atoms with Gasteiger partial charge in [-0.15, -0.1) is 0 Å². The van der Waals surface area contributed by atoms with Crippen molar-refractivity contribution in [1.82, 2.24) is 14.5 Å². The van der Waals surface area contributed by atoms with Gasteiger partial charge in [-0.3, -0.25) is 14.2 Å². The van der Waals surface area contributed by atoms with Gasteiger partial charge in [0.25, 0.3) is 5.56 Å². The molecule has 2 aromatic rings. The van der Waals surface area contributed by atoms with E-state index in [2.05, 4.69) is 4.98 Å². The predicted octanol–water partition coefficient (Wildman–Crippen LogP) is 2.32. The SMILES string of the molecule is CN(C(=O)Cn1cnc2c(Cl)cc(Cl)cc2c1=O)C1CC1. The molecule has 1 amide bonds. The number of halogens is 2. The summed E-state index contributed by atoms with van der Waals surface area (Å²) in [6.07, 6.45) is 3.40. The Hall–Kier alpha value is -1.59. The number of carbonyl (C=O) groups excluding carboxylic acids is 1. The number of rotatable bonds is 3. The van der Waals surface area contributed by atoms with E-state index in [1.54, 1.807) is 11.9 Å². The van der Waals surface area contributed by atoms with Crippen LogP contribution in [0, 0.1) is 0 Å². The molecule has 1 aromatic carbocycles. The van der Waals surface area contributed by atoms with Crippen LogP contribution in [0.5, 0.6) is 0 Å². The highest BCUT2D eigenvalue weighted by atomic mass is 35.5. The van der Waals surface area contributed by atoms with Gasteiger partial charge in [-0.1, -0.05) is 23.2 Å². The van der Waals surface area contributed by atoms with Crippen molar-refractivity contribution >= 4 is 40.0 Å². The topological polar surface area (TPSA) is 55.2 Å². The molecule has 1 heterocycles. The fourth-order valence-electron chi connectivity index (χ4n) is 2.23. The number of likely N-dealkylation sites (N-methyl/N-ethyl adjacent to an activating group) is 1. The maximum absolute atomic E-state index is 12.4. The average molecular weight is 326 g/mol. The van der Waals surface area contributed by atoms with Crippen molar-refractivity contribution in [3.8, 4) is 0 Å². The number of nitrogens with zero attached hydrogens (tertiary/aromatic N) is 3. The Morgan fingerprint density at radius 3 is 2.81 bits per heavy atom. The summed E-state index contributed by atoms with van der Waals surface area (Å²) in [6.45, 7) is -0.0289. The maximum Gasteiger partial charge on any atom is 0.261 e. The summed E-state index contributed by atoms with van der Waals surface area (Å²) in [5.74, 6) is -0.103. The molecular weight excluding hydrogens is 313 g/mol. The Bertz CT molecular complexity index is 784. The van der Waals surface area contributed by atoms with E-state index in [0.29, 0.717) is 27.0 Å². The highest BCUT2D eigenvalue weighted by Gasteiger charge is 2.29. The van der Waals surface area contributed by atoms with Gasteiger partial charge >= 0.3 is 0 Å². The summed E-state index contributed by atoms with van der Waals surface area (Å²) >= 11 is 11.9. The summed E-state index contributed by atoms with van der Waals surface area (Å²) < 4.78 is 1.29. The number of hydrogen-bond donors (Lipinski definition) is 0. The van der Waals surface area contributed by atoms with Crippen molar-refractivity contribution in [1.29, 1.82) is 0 Å². The van der Waals surface area contributed by atoms with Crippen LogP contribution in [0.3, 0.4) is 0 Å². The Kier molecular flexibility index (Phi) is 3.63. The lowest BCUT2D eigenvalue weighted by atomic mass is 10.2. The zero-order valence-electron chi connectivity index (χ0n) is 11.3. The molecule has 1 aromatic heterocycles. The van der Waals surface area contributed by atoms with Gasteiger partial charge in [-0.05, 0) is 25.0 Å². The first-order valence-electron chi connectivity index (χ1n) is 6.57. The molecule has 0 saturated heterocycles. The Morgan fingerprint density at radius 1 is 1.43 bits per heavy atom. The van der Waals surface area contributed by atoms with E-state index in [-0.39, 0.29) is 18.0 Å². The average Bonchev–Trinajstić information content (AvgIpc) is 3.26. The van der Waals surface area contributed by atoms with Crippen molar-refractivity contribution in [2.24, 2.45) is 0 Å². The van der Waals surface area contributed by atoms with Crippen LogP contribution < -0.4 is 5.56 Å². The van der Waals surface area contributed by atoms with Crippen molar-refractivity contribution in [3.05, 3.63) is 38.9 Å². The molecule has 0 unspecified atom stereocenters. The van der Waals surface area contributed by atoms with Crippen molar-refractivity contribution in [3.63, 3.8) is 0 Å². The third-order valence-electron chi connectivity index (χ3n) is 3.64. The minimum absolute atomic E-state index is 0.0289. The summed E-state index contributed by atoms with van der Waals surface area (Å²) in [7, 11) is 1.76. The van der Waals surface area contributed by atoms with Crippen LogP contribution in [-0.4, -0.2) is 33.4 Å². The van der Waals surface area contributed by atoms with Gasteiger partial charge in [-0.25, -0.2) is 4.98 Å². The molecule has 0 atom stereocenters. The molecule has 1 fully saturated rings. The second-order valence-electron chi connectivity index (χ2n) is 5.20. The van der Waals surface area contributed by atoms with E-state index >= 15 is 0 Å². The third kappa shape index (κ3) is 2.76. The van der Waals surface area contributed by atoms with Gasteiger partial charge in [0.1, 0.15) is 6.54 Å². The largest absolute Gasteiger partial charge is 0.341 e. The molecule has 1 aliphatic rings. The highest BCUT2D eigenvalue weighted by molar-refractivity contribution is 6.38. The number of aromatic nitrogens is 2. The van der Waals surface area contributed by atoms with Gasteiger partial charge < -0.3 is 4.90 Å². The molecule has 0 bridgehead atoms. The van der Waals surface area contributed by atoms with Crippen molar-refractivity contribution in [2.45, 2.75) is 25.4 Å². The predicted molar refractivity (Wildman–Crippen MR) is 81.8 cm³/mol. The monoisotopic (exact) mass is 325 g/mol. The fourth-order valence-corrected chi connectivity index (χ4v) is 2.77. The summed E-state index contributed by atoms with van der Waals surface area (Å²) in [5.41, 5.74) is 0.0762. The molecule has 1 aliphatic carbocycles. The highest BCUT2D eigenvalue weighted by Crippen LogP contribution is 2.26. The zero-order chi connectivity index (χ0) is 15.1. The Morgan fingerprint density at radius 2 is 2.14 bits per heavy atom. The number of carbonyl (C=O) groups is 1. The molecule has 5 nitrogen and oxygen atoms in total. The van der Waals surface area contributed by atoms with Crippen LogP contribution in [0.2, 0.25) is 10.0 Å². The standard InChI is InChI=1S/C14H13Cl2N3O2/c1-18(9-2-3-9)12(20)6-19-7-17-13-10(14(19)21)4-8(15)5-11(13)16/h4-5,7,9H,2-3,6H2,1H3. The molecule has 21 heavy (non-hydrogen) atoms. The summed E-state index contributed by atoms with van der Waals surface area (Å²) in [4.78, 5) is 30.4. The van der Waals surface area contributed by atoms with Crippen LogP contribution in [-0.2, 0) is 11.3 Å². The van der Waals surface area contributed by atoms with E-state index in [0.717, 1.165) is 12.8 Å². The number of fused-ring (bicyclic) bond motifs is 1. The normalized spacial score (nSPS) is 14.4. The minimum atomic E-state index is -0.318. The van der Waals surface area contributed by atoms with E-state index in [9.17, 15) is 9.59 Å². The molecule has 7 heteroatoms. The first-order valence-corrected chi connectivity index (χ1v) is 7.33. The number of amides is 1. The van der Waals surface area contributed by atoms with E-state index in [4.69, 9.17) is 23.2 Å². The number of benzene rings is 1. The minimum Gasteiger partial charge on any atom is -0.341 e. The molecular formula is C14H13Cl2N3O2. The second-order valence-corrected chi connectivity index (χ2v) is 6.04. The number of hydrogen-bond acceptors (Lipinski definition) is 3. The molecule has 0 N–H and O–H groups in total. The Balaban J connectivity index is 1.98. The fraction of sp³-hybridized carbons (Fsp3) is 0.357. The summed E-state index contributed by atoms with van der Waals surface area (Å²) in [6, 6.07) is 3.36. The molecule has 3 rings (SSSR count). The van der Waals surface area contributed by atoms with Crippen LogP contribution in [0.1, 0.15) is 12.8 Å². The third-order valence-corrected chi connectivity index (χ3v) is 4.15. The van der Waals surface area contributed by atoms with Gasteiger partial charge in [0.05, 0.1) is 22.3 Å². The van der Waals surface area contributed by atoms with Crippen LogP contribution in [0.25, 0.3) is 10.9 Å². The lowest BCUT2D eigenvalue weighted by Gasteiger charge is -2.16. The molecule has 0 spiro atoms. The van der Waals surface area contributed by atoms with E-state index in [1.165, 1.54) is 23.0 Å².